The Kier molecular flexibility index (Phi) is 5.12. The van der Waals surface area contributed by atoms with Gasteiger partial charge in [-0.25, -0.2) is 9.78 Å². The molecule has 2 heterocycles. The zero-order valence-electron chi connectivity index (χ0n) is 16.6. The van der Waals surface area contributed by atoms with Crippen LogP contribution in [0.4, 0.5) is 0 Å². The van der Waals surface area contributed by atoms with Gasteiger partial charge in [0.2, 0.25) is 0 Å². The van der Waals surface area contributed by atoms with E-state index in [0.717, 1.165) is 32.1 Å². The van der Waals surface area contributed by atoms with Gasteiger partial charge in [0, 0.05) is 13.1 Å². The molecule has 152 valence electrons. The molecule has 28 heavy (non-hydrogen) atoms. The van der Waals surface area contributed by atoms with E-state index in [2.05, 4.69) is 9.97 Å². The van der Waals surface area contributed by atoms with Crippen LogP contribution in [0, 0.1) is 17.8 Å². The van der Waals surface area contributed by atoms with E-state index < -0.39 is 11.2 Å². The van der Waals surface area contributed by atoms with Crippen molar-refractivity contribution in [1.29, 1.82) is 0 Å². The Balaban J connectivity index is 1.61. The van der Waals surface area contributed by atoms with E-state index >= 15 is 0 Å². The largest absolute Gasteiger partial charge is 0.457 e. The maximum atomic E-state index is 12.6. The van der Waals surface area contributed by atoms with Crippen molar-refractivity contribution in [3.05, 3.63) is 26.7 Å². The number of imidazole rings is 1. The van der Waals surface area contributed by atoms with Crippen molar-refractivity contribution in [1.82, 2.24) is 19.1 Å². The van der Waals surface area contributed by atoms with E-state index in [4.69, 9.17) is 4.74 Å². The second-order valence-electron chi connectivity index (χ2n) is 8.10. The number of carbonyl (C=O) groups is 1. The second-order valence-corrected chi connectivity index (χ2v) is 8.10. The van der Waals surface area contributed by atoms with Crippen molar-refractivity contribution in [2.24, 2.45) is 17.8 Å². The maximum Gasteiger partial charge on any atom is 0.330 e. The first kappa shape index (κ1) is 19.0. The minimum absolute atomic E-state index is 0.00402. The molecule has 0 saturated heterocycles. The van der Waals surface area contributed by atoms with Crippen LogP contribution in [0.25, 0.3) is 11.2 Å². The first-order valence-corrected chi connectivity index (χ1v) is 10.4. The van der Waals surface area contributed by atoms with Gasteiger partial charge < -0.3 is 9.30 Å². The number of rotatable bonds is 7. The summed E-state index contributed by atoms with van der Waals surface area (Å²) in [5.74, 6) is 1.50. The maximum absolute atomic E-state index is 12.6. The van der Waals surface area contributed by atoms with Crippen LogP contribution < -0.4 is 11.2 Å². The van der Waals surface area contributed by atoms with Crippen LogP contribution in [-0.4, -0.2) is 25.1 Å². The molecule has 0 spiro atoms. The number of H-pyrrole nitrogens is 1. The summed E-state index contributed by atoms with van der Waals surface area (Å²) in [5, 5.41) is 0. The summed E-state index contributed by atoms with van der Waals surface area (Å²) in [5.41, 5.74) is -0.163. The zero-order chi connectivity index (χ0) is 19.8. The molecule has 2 aromatic heterocycles. The molecular weight excluding hydrogens is 360 g/mol. The molecule has 4 rings (SSSR count). The highest BCUT2D eigenvalue weighted by Crippen LogP contribution is 2.48. The standard InChI is InChI=1S/C20H28N4O4/c1-3-5-8-24-17-16(18(25)22-20(24)27)23(4-2)15(21-17)11-28-19(26)14-10-12-6-7-13(14)9-12/h12-14H,3-11H2,1-2H3,(H,22,25,27). The number of nitrogens with zero attached hydrogens (tertiary/aromatic N) is 3. The molecule has 8 nitrogen and oxygen atoms in total. The average molecular weight is 388 g/mol. The van der Waals surface area contributed by atoms with Crippen LogP contribution >= 0.6 is 0 Å². The quantitative estimate of drug-likeness (QED) is 0.733. The summed E-state index contributed by atoms with van der Waals surface area (Å²) >= 11 is 0. The number of ether oxygens (including phenoxy) is 1. The molecule has 0 aromatic carbocycles. The lowest BCUT2D eigenvalue weighted by atomic mass is 9.89. The minimum atomic E-state index is -0.451. The lowest BCUT2D eigenvalue weighted by Crippen LogP contribution is -2.31. The highest BCUT2D eigenvalue weighted by molar-refractivity contribution is 5.74. The Morgan fingerprint density at radius 2 is 2.04 bits per heavy atom. The normalized spacial score (nSPS) is 23.6. The van der Waals surface area contributed by atoms with Gasteiger partial charge in [0.25, 0.3) is 5.56 Å². The number of carbonyl (C=O) groups excluding carboxylic acids is 1. The van der Waals surface area contributed by atoms with Gasteiger partial charge in [-0.15, -0.1) is 0 Å². The third kappa shape index (κ3) is 3.18. The first-order chi connectivity index (χ1) is 13.5. The molecule has 2 aliphatic carbocycles. The van der Waals surface area contributed by atoms with Gasteiger partial charge in [-0.2, -0.15) is 0 Å². The van der Waals surface area contributed by atoms with E-state index in [0.29, 0.717) is 41.9 Å². The van der Waals surface area contributed by atoms with Gasteiger partial charge in [0.05, 0.1) is 5.92 Å². The Morgan fingerprint density at radius 1 is 1.21 bits per heavy atom. The van der Waals surface area contributed by atoms with E-state index in [9.17, 15) is 14.4 Å². The molecule has 1 N–H and O–H groups in total. The molecule has 0 amide bonds. The number of hydrogen-bond acceptors (Lipinski definition) is 5. The number of hydrogen-bond donors (Lipinski definition) is 1. The van der Waals surface area contributed by atoms with Crippen LogP contribution in [0.1, 0.15) is 58.2 Å². The molecule has 2 fully saturated rings. The first-order valence-electron chi connectivity index (χ1n) is 10.4. The van der Waals surface area contributed by atoms with Crippen LogP contribution in [0.15, 0.2) is 9.59 Å². The lowest BCUT2D eigenvalue weighted by molar-refractivity contribution is -0.152. The fourth-order valence-corrected chi connectivity index (χ4v) is 4.97. The van der Waals surface area contributed by atoms with Crippen molar-refractivity contribution in [2.75, 3.05) is 0 Å². The van der Waals surface area contributed by atoms with E-state index in [-0.39, 0.29) is 18.5 Å². The SMILES string of the molecule is CCCCn1c(=O)[nH]c(=O)c2c1nc(COC(=O)C1CC3CCC1C3)n2CC. The average Bonchev–Trinajstić information content (AvgIpc) is 3.39. The van der Waals surface area contributed by atoms with Gasteiger partial charge >= 0.3 is 11.7 Å². The molecular formula is C20H28N4O4. The van der Waals surface area contributed by atoms with Crippen molar-refractivity contribution in [3.63, 3.8) is 0 Å². The summed E-state index contributed by atoms with van der Waals surface area (Å²) in [6.45, 7) is 4.97. The number of aryl methyl sites for hydroxylation is 2. The molecule has 2 bridgehead atoms. The Morgan fingerprint density at radius 3 is 2.68 bits per heavy atom. The summed E-state index contributed by atoms with van der Waals surface area (Å²) in [7, 11) is 0. The molecule has 8 heteroatoms. The van der Waals surface area contributed by atoms with Gasteiger partial charge in [0.15, 0.2) is 11.2 Å². The van der Waals surface area contributed by atoms with Crippen molar-refractivity contribution in [3.8, 4) is 0 Å². The third-order valence-electron chi connectivity index (χ3n) is 6.40. The number of aromatic amines is 1. The fourth-order valence-electron chi connectivity index (χ4n) is 4.97. The lowest BCUT2D eigenvalue weighted by Gasteiger charge is -2.19. The third-order valence-corrected chi connectivity index (χ3v) is 6.40. The molecule has 2 aliphatic rings. The van der Waals surface area contributed by atoms with Gasteiger partial charge in [-0.1, -0.05) is 19.8 Å². The van der Waals surface area contributed by atoms with E-state index in [1.165, 1.54) is 11.0 Å². The monoisotopic (exact) mass is 388 g/mol. The predicted octanol–water partition coefficient (Wildman–Crippen LogP) is 2.19. The molecule has 2 aromatic rings. The van der Waals surface area contributed by atoms with Crippen molar-refractivity contribution >= 4 is 17.1 Å². The summed E-state index contributed by atoms with van der Waals surface area (Å²) in [6.07, 6.45) is 6.18. The molecule has 3 unspecified atom stereocenters. The van der Waals surface area contributed by atoms with Gasteiger partial charge in [-0.05, 0) is 44.4 Å². The number of unbranched alkanes of at least 4 members (excludes halogenated alkanes) is 1. The topological polar surface area (TPSA) is 99.0 Å². The van der Waals surface area contributed by atoms with E-state index in [1.54, 1.807) is 4.57 Å². The number of esters is 1. The fraction of sp³-hybridized carbons (Fsp3) is 0.700. The highest BCUT2D eigenvalue weighted by Gasteiger charge is 2.44. The van der Waals surface area contributed by atoms with Crippen molar-refractivity contribution < 1.29 is 9.53 Å². The number of fused-ring (bicyclic) bond motifs is 3. The van der Waals surface area contributed by atoms with Gasteiger partial charge in [-0.3, -0.25) is 19.1 Å². The predicted molar refractivity (Wildman–Crippen MR) is 104 cm³/mol. The van der Waals surface area contributed by atoms with E-state index in [1.807, 2.05) is 13.8 Å². The zero-order valence-corrected chi connectivity index (χ0v) is 16.6. The molecule has 0 radical (unpaired) electrons. The summed E-state index contributed by atoms with van der Waals surface area (Å²) in [6, 6.07) is 0. The Bertz CT molecular complexity index is 1000. The molecule has 0 aliphatic heterocycles. The second kappa shape index (κ2) is 7.56. The van der Waals surface area contributed by atoms with Crippen LogP contribution in [0.3, 0.4) is 0 Å². The summed E-state index contributed by atoms with van der Waals surface area (Å²) < 4.78 is 8.85. The number of nitrogens with one attached hydrogen (secondary N) is 1. The van der Waals surface area contributed by atoms with Crippen LogP contribution in [0.2, 0.25) is 0 Å². The van der Waals surface area contributed by atoms with Crippen molar-refractivity contribution in [2.45, 2.75) is 72.1 Å². The minimum Gasteiger partial charge on any atom is -0.457 e. The number of aromatic nitrogens is 4. The summed E-state index contributed by atoms with van der Waals surface area (Å²) in [4.78, 5) is 44.2. The molecule has 3 atom stereocenters. The van der Waals surface area contributed by atoms with Crippen LogP contribution in [-0.2, 0) is 29.2 Å². The van der Waals surface area contributed by atoms with Gasteiger partial charge in [0.1, 0.15) is 12.4 Å². The van der Waals surface area contributed by atoms with Crippen LogP contribution in [0.5, 0.6) is 0 Å². The highest BCUT2D eigenvalue weighted by atomic mass is 16.5. The molecule has 2 saturated carbocycles. The smallest absolute Gasteiger partial charge is 0.330 e. The Hall–Kier alpha value is -2.38. The Labute approximate surface area is 162 Å².